The highest BCUT2D eigenvalue weighted by Gasteiger charge is 1.92. The Hall–Kier alpha value is 0.0649. The minimum atomic E-state index is 0.904. The van der Waals surface area contributed by atoms with Crippen LogP contribution in [0.5, 0.6) is 0 Å². The molecule has 0 radical (unpaired) electrons. The minimum Gasteiger partial charge on any atom is -0.0893 e. The molecular weight excluding hydrogens is 107 g/mol. The standard InChI is InChI=1S/C8H19B/c1-8(2)6-4-5-7-9-3/h8-9H,4-7H2,1-3H3. The Bertz CT molecular complexity index is 50.5. The van der Waals surface area contributed by atoms with E-state index < -0.39 is 0 Å². The van der Waals surface area contributed by atoms with Crippen molar-refractivity contribution in [2.75, 3.05) is 0 Å². The van der Waals surface area contributed by atoms with Gasteiger partial charge in [0.25, 0.3) is 0 Å². The second-order valence-electron chi connectivity index (χ2n) is 3.24. The molecule has 1 heteroatoms. The predicted molar refractivity (Wildman–Crippen MR) is 46.5 cm³/mol. The zero-order chi connectivity index (χ0) is 7.11. The van der Waals surface area contributed by atoms with Crippen LogP contribution in [-0.2, 0) is 0 Å². The molecule has 0 N–H and O–H groups in total. The first-order valence-electron chi connectivity index (χ1n) is 4.27. The molecule has 0 atom stereocenters. The molecule has 0 aliphatic carbocycles. The molecule has 0 bridgehead atoms. The predicted octanol–water partition coefficient (Wildman–Crippen LogP) is 2.72. The third-order valence-electron chi connectivity index (χ3n) is 1.64. The van der Waals surface area contributed by atoms with Gasteiger partial charge >= 0.3 is 0 Å². The van der Waals surface area contributed by atoms with Gasteiger partial charge in [-0.25, -0.2) is 0 Å². The van der Waals surface area contributed by atoms with Gasteiger partial charge in [0.2, 0.25) is 0 Å². The Kier molecular flexibility index (Phi) is 6.23. The summed E-state index contributed by atoms with van der Waals surface area (Å²) >= 11 is 0. The fraction of sp³-hybridized carbons (Fsp3) is 1.00. The molecule has 0 fully saturated rings. The highest BCUT2D eigenvalue weighted by atomic mass is 14.0. The molecule has 0 nitrogen and oxygen atoms in total. The summed E-state index contributed by atoms with van der Waals surface area (Å²) in [5.74, 6) is 0.904. The van der Waals surface area contributed by atoms with Crippen LogP contribution < -0.4 is 0 Å². The quantitative estimate of drug-likeness (QED) is 0.392. The molecule has 0 aromatic rings. The first-order valence-corrected chi connectivity index (χ1v) is 4.27. The maximum absolute atomic E-state index is 2.30. The maximum atomic E-state index is 2.30. The van der Waals surface area contributed by atoms with Gasteiger partial charge in [0.1, 0.15) is 7.28 Å². The van der Waals surface area contributed by atoms with Crippen LogP contribution in [0.2, 0.25) is 13.1 Å². The van der Waals surface area contributed by atoms with E-state index in [1.54, 1.807) is 0 Å². The van der Waals surface area contributed by atoms with Gasteiger partial charge in [-0.3, -0.25) is 0 Å². The average molecular weight is 126 g/mol. The summed E-state index contributed by atoms with van der Waals surface area (Å²) in [6, 6.07) is 0. The molecule has 0 aliphatic rings. The first kappa shape index (κ1) is 9.06. The summed E-state index contributed by atoms with van der Waals surface area (Å²) in [5.41, 5.74) is 0. The number of hydrogen-bond acceptors (Lipinski definition) is 0. The SMILES string of the molecule is CBCCCCC(C)C. The topological polar surface area (TPSA) is 0 Å². The van der Waals surface area contributed by atoms with Gasteiger partial charge < -0.3 is 0 Å². The Morgan fingerprint density at radius 1 is 1.22 bits per heavy atom. The monoisotopic (exact) mass is 126 g/mol. The van der Waals surface area contributed by atoms with Crippen molar-refractivity contribution in [3.63, 3.8) is 0 Å². The van der Waals surface area contributed by atoms with E-state index in [1.165, 1.54) is 32.9 Å². The van der Waals surface area contributed by atoms with Crippen LogP contribution in [0.1, 0.15) is 33.1 Å². The molecule has 0 aliphatic heterocycles. The van der Waals surface area contributed by atoms with Crippen molar-refractivity contribution >= 4 is 7.28 Å². The molecule has 0 heterocycles. The first-order chi connectivity index (χ1) is 4.27. The lowest BCUT2D eigenvalue weighted by Gasteiger charge is -2.01. The van der Waals surface area contributed by atoms with Crippen molar-refractivity contribution < 1.29 is 0 Å². The van der Waals surface area contributed by atoms with E-state index in [1.807, 2.05) is 0 Å². The second kappa shape index (κ2) is 6.19. The van der Waals surface area contributed by atoms with Gasteiger partial charge in [0.15, 0.2) is 0 Å². The van der Waals surface area contributed by atoms with Gasteiger partial charge in [0, 0.05) is 0 Å². The van der Waals surface area contributed by atoms with Crippen molar-refractivity contribution in [3.05, 3.63) is 0 Å². The van der Waals surface area contributed by atoms with Crippen LogP contribution in [-0.4, -0.2) is 7.28 Å². The molecule has 0 saturated heterocycles. The Morgan fingerprint density at radius 3 is 2.33 bits per heavy atom. The summed E-state index contributed by atoms with van der Waals surface area (Å²) in [4.78, 5) is 0. The molecule has 0 amide bonds. The van der Waals surface area contributed by atoms with E-state index in [0.717, 1.165) is 5.92 Å². The van der Waals surface area contributed by atoms with E-state index in [0.29, 0.717) is 0 Å². The maximum Gasteiger partial charge on any atom is 0.117 e. The van der Waals surface area contributed by atoms with Crippen LogP contribution in [0.25, 0.3) is 0 Å². The molecule has 0 unspecified atom stereocenters. The molecule has 0 saturated carbocycles. The van der Waals surface area contributed by atoms with E-state index in [9.17, 15) is 0 Å². The van der Waals surface area contributed by atoms with E-state index in [-0.39, 0.29) is 0 Å². The third-order valence-corrected chi connectivity index (χ3v) is 1.64. The Balaban J connectivity index is 2.75. The normalized spacial score (nSPS) is 10.2. The summed E-state index contributed by atoms with van der Waals surface area (Å²) < 4.78 is 0. The average Bonchev–Trinajstić information content (AvgIpc) is 1.80. The van der Waals surface area contributed by atoms with E-state index >= 15 is 0 Å². The molecule has 0 spiro atoms. The Labute approximate surface area is 60.3 Å². The second-order valence-corrected chi connectivity index (χ2v) is 3.24. The van der Waals surface area contributed by atoms with Gasteiger partial charge in [0.05, 0.1) is 0 Å². The van der Waals surface area contributed by atoms with Crippen LogP contribution in [0.3, 0.4) is 0 Å². The molecule has 0 aromatic carbocycles. The van der Waals surface area contributed by atoms with Gasteiger partial charge in [-0.15, -0.1) is 0 Å². The number of rotatable bonds is 5. The summed E-state index contributed by atoms with van der Waals surface area (Å²) in [6.45, 7) is 6.85. The van der Waals surface area contributed by atoms with Crippen molar-refractivity contribution in [3.8, 4) is 0 Å². The fourth-order valence-electron chi connectivity index (χ4n) is 0.979. The van der Waals surface area contributed by atoms with E-state index in [2.05, 4.69) is 20.7 Å². The summed E-state index contributed by atoms with van der Waals surface area (Å²) in [6.07, 6.45) is 5.72. The summed E-state index contributed by atoms with van der Waals surface area (Å²) in [7, 11) is 1.36. The zero-order valence-electron chi connectivity index (χ0n) is 7.11. The smallest absolute Gasteiger partial charge is 0.0893 e. The molecular formula is C8H19B. The zero-order valence-corrected chi connectivity index (χ0v) is 7.11. The Morgan fingerprint density at radius 2 is 1.89 bits per heavy atom. The van der Waals surface area contributed by atoms with E-state index in [4.69, 9.17) is 0 Å². The molecule has 9 heavy (non-hydrogen) atoms. The lowest BCUT2D eigenvalue weighted by atomic mass is 9.76. The lowest BCUT2D eigenvalue weighted by Crippen LogP contribution is -1.87. The van der Waals surface area contributed by atoms with Gasteiger partial charge in [-0.05, 0) is 5.92 Å². The van der Waals surface area contributed by atoms with Crippen molar-refractivity contribution in [1.82, 2.24) is 0 Å². The molecule has 0 aromatic heterocycles. The minimum absolute atomic E-state index is 0.904. The van der Waals surface area contributed by atoms with Crippen LogP contribution in [0, 0.1) is 5.92 Å². The van der Waals surface area contributed by atoms with Crippen molar-refractivity contribution in [2.24, 2.45) is 5.92 Å². The van der Waals surface area contributed by atoms with Crippen LogP contribution in [0.15, 0.2) is 0 Å². The van der Waals surface area contributed by atoms with Crippen molar-refractivity contribution in [1.29, 1.82) is 0 Å². The van der Waals surface area contributed by atoms with Crippen LogP contribution >= 0.6 is 0 Å². The largest absolute Gasteiger partial charge is 0.117 e. The highest BCUT2D eigenvalue weighted by Crippen LogP contribution is 2.07. The van der Waals surface area contributed by atoms with Gasteiger partial charge in [-0.2, -0.15) is 0 Å². The van der Waals surface area contributed by atoms with Crippen LogP contribution in [0.4, 0.5) is 0 Å². The highest BCUT2D eigenvalue weighted by molar-refractivity contribution is 6.33. The summed E-state index contributed by atoms with van der Waals surface area (Å²) in [5, 5.41) is 0. The fourth-order valence-corrected chi connectivity index (χ4v) is 0.979. The molecule has 0 rings (SSSR count). The van der Waals surface area contributed by atoms with Gasteiger partial charge in [-0.1, -0.05) is 46.3 Å². The number of unbranched alkanes of at least 4 members (excludes halogenated alkanes) is 1. The molecule has 54 valence electrons. The third kappa shape index (κ3) is 8.06. The van der Waals surface area contributed by atoms with Crippen molar-refractivity contribution in [2.45, 2.75) is 46.3 Å². The number of hydrogen-bond donors (Lipinski definition) is 0. The lowest BCUT2D eigenvalue weighted by molar-refractivity contribution is 0.549.